The Balaban J connectivity index is 1.51. The van der Waals surface area contributed by atoms with Crippen molar-refractivity contribution in [2.75, 3.05) is 19.8 Å². The lowest BCUT2D eigenvalue weighted by Crippen LogP contribution is -2.33. The first-order valence-corrected chi connectivity index (χ1v) is 9.70. The molecule has 2 aromatic carbocycles. The van der Waals surface area contributed by atoms with E-state index in [1.807, 2.05) is 37.4 Å². The van der Waals surface area contributed by atoms with Crippen molar-refractivity contribution in [3.63, 3.8) is 0 Å². The van der Waals surface area contributed by atoms with E-state index in [1.165, 1.54) is 6.07 Å². The van der Waals surface area contributed by atoms with Gasteiger partial charge >= 0.3 is 12.3 Å². The minimum atomic E-state index is -4.17. The van der Waals surface area contributed by atoms with E-state index < -0.39 is 19.0 Å². The van der Waals surface area contributed by atoms with Crippen LogP contribution in [0.1, 0.15) is 18.1 Å². The van der Waals surface area contributed by atoms with E-state index in [-0.39, 0.29) is 5.75 Å². The summed E-state index contributed by atoms with van der Waals surface area (Å²) in [6.45, 7) is 2.38. The summed E-state index contributed by atoms with van der Waals surface area (Å²) < 4.78 is 60.8. The number of benzene rings is 2. The van der Waals surface area contributed by atoms with Crippen LogP contribution in [0.15, 0.2) is 48.7 Å². The molecular weight excluding hydrogens is 400 g/mol. The molecule has 0 saturated carbocycles. The predicted octanol–water partition coefficient (Wildman–Crippen LogP) is 5.18. The molecule has 30 heavy (non-hydrogen) atoms. The van der Waals surface area contributed by atoms with Crippen molar-refractivity contribution >= 4 is 10.9 Å². The van der Waals surface area contributed by atoms with Gasteiger partial charge in [0.05, 0.1) is 6.61 Å². The van der Waals surface area contributed by atoms with E-state index in [4.69, 9.17) is 9.47 Å². The Morgan fingerprint density at radius 2 is 1.87 bits per heavy atom. The molecule has 2 N–H and O–H groups in total. The lowest BCUT2D eigenvalue weighted by molar-refractivity contribution is -0.148. The number of ether oxygens (including phenoxy) is 2. The molecule has 3 aromatic rings. The Bertz CT molecular complexity index is 959. The van der Waals surface area contributed by atoms with E-state index in [0.29, 0.717) is 19.7 Å². The molecule has 162 valence electrons. The minimum Gasteiger partial charge on any atom is -0.494 e. The smallest absolute Gasteiger partial charge is 0.340 e. The molecule has 4 nitrogen and oxygen atoms in total. The van der Waals surface area contributed by atoms with Crippen molar-refractivity contribution in [3.05, 3.63) is 59.8 Å². The number of fused-ring (bicyclic) bond motifs is 1. The summed E-state index contributed by atoms with van der Waals surface area (Å²) in [5.74, 6) is -3.21. The number of alkyl halides is 4. The fourth-order valence-corrected chi connectivity index (χ4v) is 3.06. The van der Waals surface area contributed by atoms with Crippen LogP contribution in [-0.4, -0.2) is 37.1 Å². The van der Waals surface area contributed by atoms with Crippen LogP contribution in [0.4, 0.5) is 17.6 Å². The molecular formula is C22H24F4N2O2. The second kappa shape index (κ2) is 9.84. The van der Waals surface area contributed by atoms with Crippen molar-refractivity contribution < 1.29 is 27.0 Å². The summed E-state index contributed by atoms with van der Waals surface area (Å²) in [7, 11) is 0. The first-order chi connectivity index (χ1) is 14.4. The van der Waals surface area contributed by atoms with Crippen LogP contribution >= 0.6 is 0 Å². The van der Waals surface area contributed by atoms with E-state index >= 15 is 0 Å². The summed E-state index contributed by atoms with van der Waals surface area (Å²) in [5.41, 5.74) is 3.01. The third-order valence-corrected chi connectivity index (χ3v) is 4.60. The lowest BCUT2D eigenvalue weighted by atomic mass is 10.1. The normalized spacial score (nSPS) is 11.9. The number of H-pyrrole nitrogens is 1. The van der Waals surface area contributed by atoms with Crippen LogP contribution in [0, 0.1) is 0 Å². The van der Waals surface area contributed by atoms with E-state index in [1.54, 1.807) is 12.1 Å². The summed E-state index contributed by atoms with van der Waals surface area (Å²) >= 11 is 0. The highest BCUT2D eigenvalue weighted by molar-refractivity contribution is 5.84. The first-order valence-electron chi connectivity index (χ1n) is 9.70. The van der Waals surface area contributed by atoms with Gasteiger partial charge in [-0.25, -0.2) is 8.78 Å². The van der Waals surface area contributed by atoms with Crippen molar-refractivity contribution in [2.24, 2.45) is 0 Å². The van der Waals surface area contributed by atoms with Gasteiger partial charge in [0.15, 0.2) is 6.61 Å². The maximum atomic E-state index is 13.0. The molecule has 3 rings (SSSR count). The molecule has 0 bridgehead atoms. The van der Waals surface area contributed by atoms with Crippen LogP contribution in [0.25, 0.3) is 10.9 Å². The van der Waals surface area contributed by atoms with Gasteiger partial charge < -0.3 is 19.8 Å². The van der Waals surface area contributed by atoms with Crippen LogP contribution in [0.3, 0.4) is 0 Å². The zero-order valence-electron chi connectivity index (χ0n) is 16.6. The molecule has 0 spiro atoms. The number of aromatic nitrogens is 1. The highest BCUT2D eigenvalue weighted by atomic mass is 19.3. The summed E-state index contributed by atoms with van der Waals surface area (Å²) in [4.78, 5) is 3.24. The first kappa shape index (κ1) is 22.0. The Labute approximate surface area is 172 Å². The summed E-state index contributed by atoms with van der Waals surface area (Å²) in [6.07, 6.45) is -0.997. The van der Waals surface area contributed by atoms with Crippen LogP contribution in [0.2, 0.25) is 0 Å². The Morgan fingerprint density at radius 1 is 1.07 bits per heavy atom. The number of nitrogens with one attached hydrogen (secondary N) is 2. The van der Waals surface area contributed by atoms with Crippen LogP contribution in [0.5, 0.6) is 11.5 Å². The zero-order chi connectivity index (χ0) is 21.6. The van der Waals surface area contributed by atoms with E-state index in [2.05, 4.69) is 10.3 Å². The molecule has 8 heteroatoms. The molecule has 1 heterocycles. The number of hydrogen-bond acceptors (Lipinski definition) is 3. The average Bonchev–Trinajstić information content (AvgIpc) is 3.12. The Kier molecular flexibility index (Phi) is 7.20. The quantitative estimate of drug-likeness (QED) is 0.329. The van der Waals surface area contributed by atoms with E-state index in [0.717, 1.165) is 34.2 Å². The van der Waals surface area contributed by atoms with Crippen molar-refractivity contribution in [1.82, 2.24) is 10.3 Å². The molecule has 0 amide bonds. The highest BCUT2D eigenvalue weighted by Gasteiger charge is 2.41. The fourth-order valence-electron chi connectivity index (χ4n) is 3.06. The molecule has 0 saturated heterocycles. The Hall–Kier alpha value is -2.74. The maximum Gasteiger partial charge on any atom is 0.340 e. The predicted molar refractivity (Wildman–Crippen MR) is 108 cm³/mol. The molecule has 1 aromatic heterocycles. The third-order valence-electron chi connectivity index (χ3n) is 4.60. The molecule has 0 radical (unpaired) electrons. The fraction of sp³-hybridized carbons (Fsp3) is 0.364. The van der Waals surface area contributed by atoms with Crippen molar-refractivity contribution in [3.8, 4) is 11.5 Å². The van der Waals surface area contributed by atoms with Gasteiger partial charge in [0, 0.05) is 23.6 Å². The van der Waals surface area contributed by atoms with Gasteiger partial charge in [-0.05, 0) is 61.3 Å². The standard InChI is InChI=1S/C22H24F4N2O2/c1-2-29-18-6-7-20-19(11-18)16(13-28-20)8-9-27-12-15-4-3-5-17(10-15)30-14-22(25,26)21(23)24/h3-7,10-11,13,21,27-28H,2,8-9,12,14H2,1H3. The van der Waals surface area contributed by atoms with Gasteiger partial charge in [0.2, 0.25) is 0 Å². The summed E-state index contributed by atoms with van der Waals surface area (Å²) in [5, 5.41) is 4.40. The lowest BCUT2D eigenvalue weighted by Gasteiger charge is -2.16. The number of rotatable bonds is 11. The maximum absolute atomic E-state index is 13.0. The molecule has 0 aliphatic rings. The Morgan fingerprint density at radius 3 is 2.63 bits per heavy atom. The SMILES string of the molecule is CCOc1ccc2[nH]cc(CCNCc3cccc(OCC(F)(F)C(F)F)c3)c2c1. The number of aromatic amines is 1. The molecule has 0 fully saturated rings. The van der Waals surface area contributed by atoms with Gasteiger partial charge in [0.25, 0.3) is 0 Å². The van der Waals surface area contributed by atoms with Gasteiger partial charge in [0.1, 0.15) is 11.5 Å². The third kappa shape index (κ3) is 5.66. The second-order valence-electron chi connectivity index (χ2n) is 6.88. The van der Waals surface area contributed by atoms with Crippen molar-refractivity contribution in [1.29, 1.82) is 0 Å². The van der Waals surface area contributed by atoms with Gasteiger partial charge in [-0.15, -0.1) is 0 Å². The van der Waals surface area contributed by atoms with Gasteiger partial charge in [-0.1, -0.05) is 12.1 Å². The van der Waals surface area contributed by atoms with E-state index in [9.17, 15) is 17.6 Å². The zero-order valence-corrected chi connectivity index (χ0v) is 16.6. The van der Waals surface area contributed by atoms with Crippen LogP contribution in [-0.2, 0) is 13.0 Å². The van der Waals surface area contributed by atoms with Crippen LogP contribution < -0.4 is 14.8 Å². The minimum absolute atomic E-state index is 0.134. The molecule has 0 aliphatic heterocycles. The number of hydrogen-bond donors (Lipinski definition) is 2. The molecule has 0 unspecified atom stereocenters. The monoisotopic (exact) mass is 424 g/mol. The molecule has 0 atom stereocenters. The topological polar surface area (TPSA) is 46.3 Å². The number of halogens is 4. The molecule has 0 aliphatic carbocycles. The van der Waals surface area contributed by atoms with Gasteiger partial charge in [-0.2, -0.15) is 8.78 Å². The summed E-state index contributed by atoms with van der Waals surface area (Å²) in [6, 6.07) is 12.4. The van der Waals surface area contributed by atoms with Gasteiger partial charge in [-0.3, -0.25) is 0 Å². The van der Waals surface area contributed by atoms with Crippen molar-refractivity contribution in [2.45, 2.75) is 32.2 Å². The highest BCUT2D eigenvalue weighted by Crippen LogP contribution is 2.25. The average molecular weight is 424 g/mol. The second-order valence-corrected chi connectivity index (χ2v) is 6.88. The largest absolute Gasteiger partial charge is 0.494 e.